The van der Waals surface area contributed by atoms with Crippen LogP contribution in [0.3, 0.4) is 0 Å². The Morgan fingerprint density at radius 3 is 1.76 bits per heavy atom. The van der Waals surface area contributed by atoms with E-state index in [1.54, 1.807) is 0 Å². The average molecular weight is 436 g/mol. The van der Waals surface area contributed by atoms with Crippen LogP contribution in [0, 0.1) is 0 Å². The Labute approximate surface area is 182 Å². The summed E-state index contributed by atoms with van der Waals surface area (Å²) < 4.78 is 0. The third-order valence-corrected chi connectivity index (χ3v) is 8.78. The van der Waals surface area contributed by atoms with E-state index in [0.29, 0.717) is 0 Å². The van der Waals surface area contributed by atoms with Gasteiger partial charge in [0.1, 0.15) is 0 Å². The van der Waals surface area contributed by atoms with Crippen LogP contribution in [0.15, 0.2) is 73.1 Å². The maximum absolute atomic E-state index is 3.40. The van der Waals surface area contributed by atoms with Crippen LogP contribution in [0.2, 0.25) is 0 Å². The highest BCUT2D eigenvalue weighted by atomic mass is 32.1. The SMILES string of the molecule is CN(C)c1ccc(-c2ccc(-c3ccc(C(c4ccc[nH]4)c4ccc[nH]4)s3)s2)s1. The minimum Gasteiger partial charge on any atom is -0.370 e. The molecule has 0 radical (unpaired) electrons. The molecule has 6 heteroatoms. The lowest BCUT2D eigenvalue weighted by Gasteiger charge is -2.12. The lowest BCUT2D eigenvalue weighted by atomic mass is 10.00. The molecule has 5 aromatic rings. The topological polar surface area (TPSA) is 34.8 Å². The number of anilines is 1. The van der Waals surface area contributed by atoms with E-state index in [0.717, 1.165) is 0 Å². The van der Waals surface area contributed by atoms with Crippen LogP contribution in [0.25, 0.3) is 19.5 Å². The molecule has 3 nitrogen and oxygen atoms in total. The lowest BCUT2D eigenvalue weighted by Crippen LogP contribution is -2.05. The summed E-state index contributed by atoms with van der Waals surface area (Å²) in [6.07, 6.45) is 3.99. The van der Waals surface area contributed by atoms with Crippen molar-refractivity contribution in [3.63, 3.8) is 0 Å². The van der Waals surface area contributed by atoms with E-state index < -0.39 is 0 Å². The Bertz CT molecular complexity index is 1160. The molecule has 2 N–H and O–H groups in total. The van der Waals surface area contributed by atoms with Crippen molar-refractivity contribution in [2.24, 2.45) is 0 Å². The van der Waals surface area contributed by atoms with Crippen LogP contribution in [-0.4, -0.2) is 24.1 Å². The van der Waals surface area contributed by atoms with E-state index in [-0.39, 0.29) is 5.92 Å². The largest absolute Gasteiger partial charge is 0.370 e. The molecule has 0 aromatic carbocycles. The first kappa shape index (κ1) is 18.5. The van der Waals surface area contributed by atoms with Gasteiger partial charge in [-0.25, -0.2) is 0 Å². The summed E-state index contributed by atoms with van der Waals surface area (Å²) in [6, 6.07) is 21.9. The molecule has 29 heavy (non-hydrogen) atoms. The summed E-state index contributed by atoms with van der Waals surface area (Å²) in [5.74, 6) is 0.207. The van der Waals surface area contributed by atoms with E-state index in [2.05, 4.69) is 89.6 Å². The van der Waals surface area contributed by atoms with Gasteiger partial charge in [0.15, 0.2) is 0 Å². The van der Waals surface area contributed by atoms with Crippen LogP contribution in [-0.2, 0) is 0 Å². The van der Waals surface area contributed by atoms with Crippen LogP contribution in [0.1, 0.15) is 22.2 Å². The Morgan fingerprint density at radius 2 is 1.21 bits per heavy atom. The van der Waals surface area contributed by atoms with Crippen molar-refractivity contribution in [2.75, 3.05) is 19.0 Å². The smallest absolute Gasteiger partial charge is 0.0910 e. The second kappa shape index (κ2) is 7.71. The molecule has 0 unspecified atom stereocenters. The molecule has 0 atom stereocenters. The van der Waals surface area contributed by atoms with Gasteiger partial charge in [0, 0.05) is 62.3 Å². The van der Waals surface area contributed by atoms with Gasteiger partial charge in [0.2, 0.25) is 0 Å². The predicted octanol–water partition coefficient (Wildman–Crippen LogP) is 7.11. The van der Waals surface area contributed by atoms with Crippen molar-refractivity contribution >= 4 is 39.0 Å². The zero-order valence-electron chi connectivity index (χ0n) is 16.2. The summed E-state index contributed by atoms with van der Waals surface area (Å²) in [4.78, 5) is 15.6. The maximum Gasteiger partial charge on any atom is 0.0910 e. The third kappa shape index (κ3) is 3.59. The normalized spacial score (nSPS) is 11.4. The van der Waals surface area contributed by atoms with E-state index in [1.165, 1.54) is 40.8 Å². The van der Waals surface area contributed by atoms with E-state index in [4.69, 9.17) is 0 Å². The molecule has 5 aromatic heterocycles. The standard InChI is InChI=1S/C23H21N3S3/c1-26(2)22-12-11-20(29-22)19-8-7-17(27-19)18-9-10-21(28-18)23(15-5-3-13-24-15)16-6-4-14-25-16/h3-14,23-25H,1-2H3. The van der Waals surface area contributed by atoms with E-state index in [1.807, 2.05) is 46.4 Å². The van der Waals surface area contributed by atoms with Crippen LogP contribution >= 0.6 is 34.0 Å². The van der Waals surface area contributed by atoms with Crippen LogP contribution < -0.4 is 4.90 Å². The lowest BCUT2D eigenvalue weighted by molar-refractivity contribution is 0.917. The first-order valence-corrected chi connectivity index (χ1v) is 11.9. The first-order valence-electron chi connectivity index (χ1n) is 9.43. The zero-order chi connectivity index (χ0) is 19.8. The number of H-pyrrole nitrogens is 2. The molecule has 0 fully saturated rings. The van der Waals surface area contributed by atoms with Gasteiger partial charge < -0.3 is 14.9 Å². The van der Waals surface area contributed by atoms with Gasteiger partial charge in [-0.1, -0.05) is 0 Å². The number of aromatic nitrogens is 2. The zero-order valence-corrected chi connectivity index (χ0v) is 18.6. The summed E-state index contributed by atoms with van der Waals surface area (Å²) in [5.41, 5.74) is 2.42. The molecule has 0 aliphatic heterocycles. The fraction of sp³-hybridized carbons (Fsp3) is 0.130. The van der Waals surface area contributed by atoms with Crippen molar-refractivity contribution in [1.82, 2.24) is 9.97 Å². The molecule has 146 valence electrons. The molecule has 0 spiro atoms. The fourth-order valence-corrected chi connectivity index (χ4v) is 6.73. The van der Waals surface area contributed by atoms with Crippen molar-refractivity contribution in [2.45, 2.75) is 5.92 Å². The van der Waals surface area contributed by atoms with E-state index in [9.17, 15) is 0 Å². The summed E-state index contributed by atoms with van der Waals surface area (Å²) in [6.45, 7) is 0. The molecule has 0 aliphatic rings. The molecule has 0 aliphatic carbocycles. The first-order chi connectivity index (χ1) is 14.2. The number of hydrogen-bond acceptors (Lipinski definition) is 4. The van der Waals surface area contributed by atoms with Gasteiger partial charge in [-0.15, -0.1) is 34.0 Å². The quantitative estimate of drug-likeness (QED) is 0.293. The molecule has 0 saturated heterocycles. The number of hydrogen-bond donors (Lipinski definition) is 2. The molecule has 0 saturated carbocycles. The van der Waals surface area contributed by atoms with E-state index >= 15 is 0 Å². The van der Waals surface area contributed by atoms with Gasteiger partial charge in [0.25, 0.3) is 0 Å². The van der Waals surface area contributed by atoms with Gasteiger partial charge in [-0.05, 0) is 60.7 Å². The molecule has 5 heterocycles. The minimum absolute atomic E-state index is 0.207. The highest BCUT2D eigenvalue weighted by Gasteiger charge is 2.21. The second-order valence-electron chi connectivity index (χ2n) is 7.08. The van der Waals surface area contributed by atoms with Crippen molar-refractivity contribution in [3.8, 4) is 19.5 Å². The minimum atomic E-state index is 0.207. The Hall–Kier alpha value is -2.54. The van der Waals surface area contributed by atoms with Gasteiger partial charge in [0.05, 0.1) is 10.9 Å². The maximum atomic E-state index is 3.40. The molecule has 0 bridgehead atoms. The molecular weight excluding hydrogens is 414 g/mol. The molecule has 0 amide bonds. The fourth-order valence-electron chi connectivity index (χ4n) is 3.47. The summed E-state index contributed by atoms with van der Waals surface area (Å²) >= 11 is 5.59. The van der Waals surface area contributed by atoms with Gasteiger partial charge in [-0.2, -0.15) is 0 Å². The van der Waals surface area contributed by atoms with Crippen molar-refractivity contribution in [1.29, 1.82) is 0 Å². The Morgan fingerprint density at radius 1 is 0.655 bits per heavy atom. The predicted molar refractivity (Wildman–Crippen MR) is 128 cm³/mol. The van der Waals surface area contributed by atoms with Crippen molar-refractivity contribution in [3.05, 3.63) is 89.3 Å². The number of nitrogens with one attached hydrogen (secondary N) is 2. The number of thiophene rings is 3. The highest BCUT2D eigenvalue weighted by molar-refractivity contribution is 7.27. The summed E-state index contributed by atoms with van der Waals surface area (Å²) in [5, 5.41) is 1.29. The molecular formula is C23H21N3S3. The van der Waals surface area contributed by atoms with Crippen molar-refractivity contribution < 1.29 is 0 Å². The van der Waals surface area contributed by atoms with Gasteiger partial charge in [-0.3, -0.25) is 0 Å². The third-order valence-electron chi connectivity index (χ3n) is 4.90. The van der Waals surface area contributed by atoms with Crippen LogP contribution in [0.5, 0.6) is 0 Å². The van der Waals surface area contributed by atoms with Crippen LogP contribution in [0.4, 0.5) is 5.00 Å². The number of rotatable bonds is 6. The highest BCUT2D eigenvalue weighted by Crippen LogP contribution is 2.43. The number of nitrogens with zero attached hydrogens (tertiary/aromatic N) is 1. The average Bonchev–Trinajstić information content (AvgIpc) is 3.54. The number of aromatic amines is 2. The van der Waals surface area contributed by atoms with Gasteiger partial charge >= 0.3 is 0 Å². The summed E-state index contributed by atoms with van der Waals surface area (Å²) in [7, 11) is 4.18. The monoisotopic (exact) mass is 435 g/mol. The second-order valence-corrected chi connectivity index (χ2v) is 10.3. The molecule has 5 rings (SSSR count). The Balaban J connectivity index is 1.46. The Kier molecular flexibility index (Phi) is 4.91.